The van der Waals surface area contributed by atoms with Crippen molar-refractivity contribution >= 4 is 0 Å². The van der Waals surface area contributed by atoms with Crippen LogP contribution in [0.4, 0.5) is 4.39 Å². The number of hydrogen-bond donors (Lipinski definition) is 1. The molecule has 5 heteroatoms. The average Bonchev–Trinajstić information content (AvgIpc) is 2.58. The lowest BCUT2D eigenvalue weighted by molar-refractivity contribution is -0.0698. The molecule has 21 heavy (non-hydrogen) atoms. The van der Waals surface area contributed by atoms with Gasteiger partial charge >= 0.3 is 0 Å². The molecule has 1 atom stereocenters. The average molecular weight is 295 g/mol. The molecular formula is C16H22FNO3. The Hall–Kier alpha value is -1.17. The van der Waals surface area contributed by atoms with E-state index in [1.54, 1.807) is 12.1 Å². The summed E-state index contributed by atoms with van der Waals surface area (Å²) in [6, 6.07) is 6.54. The monoisotopic (exact) mass is 295 g/mol. The Morgan fingerprint density at radius 3 is 3.00 bits per heavy atom. The lowest BCUT2D eigenvalue weighted by Crippen LogP contribution is -2.52. The van der Waals surface area contributed by atoms with E-state index in [9.17, 15) is 9.50 Å². The van der Waals surface area contributed by atoms with Gasteiger partial charge in [0.2, 0.25) is 0 Å². The Kier molecular flexibility index (Phi) is 4.42. The van der Waals surface area contributed by atoms with E-state index in [-0.39, 0.29) is 19.0 Å². The molecule has 0 aromatic heterocycles. The summed E-state index contributed by atoms with van der Waals surface area (Å²) in [5.41, 5.74) is -1.04. The van der Waals surface area contributed by atoms with Crippen LogP contribution in [0.2, 0.25) is 0 Å². The van der Waals surface area contributed by atoms with E-state index in [0.29, 0.717) is 24.9 Å². The summed E-state index contributed by atoms with van der Waals surface area (Å²) >= 11 is 0. The van der Waals surface area contributed by atoms with Gasteiger partial charge in [-0.2, -0.15) is 0 Å². The molecule has 4 nitrogen and oxygen atoms in total. The predicted molar refractivity (Wildman–Crippen MR) is 76.9 cm³/mol. The van der Waals surface area contributed by atoms with Crippen molar-refractivity contribution in [1.82, 2.24) is 4.90 Å². The van der Waals surface area contributed by atoms with Crippen molar-refractivity contribution in [2.24, 2.45) is 0 Å². The van der Waals surface area contributed by atoms with Crippen molar-refractivity contribution in [3.8, 4) is 5.75 Å². The van der Waals surface area contributed by atoms with Crippen LogP contribution in [0.5, 0.6) is 5.75 Å². The first kappa shape index (κ1) is 14.8. The molecule has 1 aliphatic carbocycles. The first-order valence-electron chi connectivity index (χ1n) is 7.57. The Morgan fingerprint density at radius 1 is 1.43 bits per heavy atom. The number of halogens is 1. The van der Waals surface area contributed by atoms with Crippen LogP contribution in [-0.4, -0.2) is 54.6 Å². The summed E-state index contributed by atoms with van der Waals surface area (Å²) < 4.78 is 24.2. The van der Waals surface area contributed by atoms with Crippen LogP contribution in [0.25, 0.3) is 0 Å². The highest BCUT2D eigenvalue weighted by atomic mass is 19.1. The van der Waals surface area contributed by atoms with Gasteiger partial charge < -0.3 is 14.6 Å². The van der Waals surface area contributed by atoms with Crippen molar-refractivity contribution in [1.29, 1.82) is 0 Å². The van der Waals surface area contributed by atoms with Crippen LogP contribution < -0.4 is 4.74 Å². The van der Waals surface area contributed by atoms with Crippen LogP contribution in [-0.2, 0) is 4.74 Å². The van der Waals surface area contributed by atoms with E-state index in [2.05, 4.69) is 4.90 Å². The Labute approximate surface area is 124 Å². The minimum Gasteiger partial charge on any atom is -0.490 e. The third-order valence-corrected chi connectivity index (χ3v) is 4.29. The normalized spacial score (nSPS) is 27.9. The van der Waals surface area contributed by atoms with Crippen LogP contribution in [0.1, 0.15) is 19.3 Å². The highest BCUT2D eigenvalue weighted by molar-refractivity contribution is 5.22. The summed E-state index contributed by atoms with van der Waals surface area (Å²) in [4.78, 5) is 2.30. The molecule has 1 heterocycles. The number of nitrogens with zero attached hydrogens (tertiary/aromatic N) is 1. The van der Waals surface area contributed by atoms with Crippen molar-refractivity contribution in [3.05, 3.63) is 30.1 Å². The maximum Gasteiger partial charge on any atom is 0.134 e. The van der Waals surface area contributed by atoms with E-state index in [1.165, 1.54) is 31.4 Å². The molecule has 0 radical (unpaired) electrons. The lowest BCUT2D eigenvalue weighted by Gasteiger charge is -2.39. The summed E-state index contributed by atoms with van der Waals surface area (Å²) in [5, 5.41) is 10.7. The molecule has 2 fully saturated rings. The van der Waals surface area contributed by atoms with Gasteiger partial charge in [-0.3, -0.25) is 4.90 Å². The van der Waals surface area contributed by atoms with Crippen molar-refractivity contribution in [2.75, 3.05) is 32.9 Å². The molecule has 1 N–H and O–H groups in total. The van der Waals surface area contributed by atoms with Crippen LogP contribution in [0.15, 0.2) is 24.3 Å². The van der Waals surface area contributed by atoms with Gasteiger partial charge in [0.05, 0.1) is 13.2 Å². The molecule has 1 saturated heterocycles. The Balaban J connectivity index is 1.61. The summed E-state index contributed by atoms with van der Waals surface area (Å²) in [7, 11) is 0. The lowest BCUT2D eigenvalue weighted by atomic mass is 9.90. The zero-order chi connectivity index (χ0) is 14.7. The molecular weight excluding hydrogens is 273 g/mol. The topological polar surface area (TPSA) is 41.9 Å². The third-order valence-electron chi connectivity index (χ3n) is 4.29. The van der Waals surface area contributed by atoms with E-state index in [0.717, 1.165) is 6.54 Å². The fourth-order valence-corrected chi connectivity index (χ4v) is 2.87. The molecule has 1 aromatic rings. The smallest absolute Gasteiger partial charge is 0.134 e. The van der Waals surface area contributed by atoms with Crippen molar-refractivity contribution in [2.45, 2.75) is 30.9 Å². The highest BCUT2D eigenvalue weighted by Gasteiger charge is 2.37. The molecule has 116 valence electrons. The van der Waals surface area contributed by atoms with Crippen LogP contribution in [0.3, 0.4) is 0 Å². The quantitative estimate of drug-likeness (QED) is 0.920. The number of benzene rings is 1. The molecule has 1 aromatic carbocycles. The molecule has 0 spiro atoms. The standard InChI is InChI=1S/C16H22FNO3/c17-13-3-1-6-15(9-13)21-12-16(19)10-18(7-8-20-11-16)14-4-2-5-14/h1,3,6,9,14,19H,2,4-5,7-8,10-12H2. The van der Waals surface area contributed by atoms with Crippen LogP contribution in [0, 0.1) is 5.82 Å². The second-order valence-electron chi connectivity index (χ2n) is 6.08. The molecule has 3 rings (SSSR count). The first-order chi connectivity index (χ1) is 10.1. The number of rotatable bonds is 4. The minimum absolute atomic E-state index is 0.111. The van der Waals surface area contributed by atoms with Gasteiger partial charge in [-0.1, -0.05) is 12.5 Å². The molecule has 0 bridgehead atoms. The van der Waals surface area contributed by atoms with E-state index in [1.807, 2.05) is 0 Å². The largest absolute Gasteiger partial charge is 0.490 e. The molecule has 2 aliphatic rings. The molecule has 1 aliphatic heterocycles. The van der Waals surface area contributed by atoms with E-state index >= 15 is 0 Å². The van der Waals surface area contributed by atoms with Gasteiger partial charge in [0.15, 0.2) is 0 Å². The SMILES string of the molecule is OC1(COc2cccc(F)c2)COCCN(C2CCC2)C1. The maximum atomic E-state index is 13.1. The summed E-state index contributed by atoms with van der Waals surface area (Å²) in [5.74, 6) is 0.0931. The zero-order valence-electron chi connectivity index (χ0n) is 12.1. The second-order valence-corrected chi connectivity index (χ2v) is 6.08. The van der Waals surface area contributed by atoms with Gasteiger partial charge in [0, 0.05) is 25.2 Å². The van der Waals surface area contributed by atoms with Gasteiger partial charge in [-0.15, -0.1) is 0 Å². The van der Waals surface area contributed by atoms with Crippen LogP contribution >= 0.6 is 0 Å². The maximum absolute atomic E-state index is 13.1. The van der Waals surface area contributed by atoms with Crippen molar-refractivity contribution in [3.63, 3.8) is 0 Å². The minimum atomic E-state index is -1.04. The second kappa shape index (κ2) is 6.30. The van der Waals surface area contributed by atoms with E-state index in [4.69, 9.17) is 9.47 Å². The van der Waals surface area contributed by atoms with E-state index < -0.39 is 5.60 Å². The van der Waals surface area contributed by atoms with Crippen molar-refractivity contribution < 1.29 is 19.0 Å². The highest BCUT2D eigenvalue weighted by Crippen LogP contribution is 2.27. The predicted octanol–water partition coefficient (Wildman–Crippen LogP) is 1.82. The fourth-order valence-electron chi connectivity index (χ4n) is 2.87. The number of hydrogen-bond acceptors (Lipinski definition) is 4. The number of aliphatic hydroxyl groups is 1. The Bertz CT molecular complexity index is 480. The number of β-amino-alcohol motifs (C(OH)–C–C–N with tert-alkyl or cyclic N) is 1. The zero-order valence-corrected chi connectivity index (χ0v) is 12.1. The Morgan fingerprint density at radius 2 is 2.29 bits per heavy atom. The fraction of sp³-hybridized carbons (Fsp3) is 0.625. The van der Waals surface area contributed by atoms with Gasteiger partial charge in [-0.25, -0.2) is 4.39 Å². The van der Waals surface area contributed by atoms with Gasteiger partial charge in [-0.05, 0) is 25.0 Å². The third kappa shape index (κ3) is 3.73. The van der Waals surface area contributed by atoms with Gasteiger partial charge in [0.1, 0.15) is 23.8 Å². The molecule has 1 unspecified atom stereocenters. The summed E-state index contributed by atoms with van der Waals surface area (Å²) in [6.45, 7) is 2.41. The number of ether oxygens (including phenoxy) is 2. The molecule has 1 saturated carbocycles. The summed E-state index contributed by atoms with van der Waals surface area (Å²) in [6.07, 6.45) is 3.65. The van der Waals surface area contributed by atoms with Gasteiger partial charge in [0.25, 0.3) is 0 Å². The molecule has 0 amide bonds. The first-order valence-corrected chi connectivity index (χ1v) is 7.57.